The van der Waals surface area contributed by atoms with E-state index in [2.05, 4.69) is 22.3 Å². The highest BCUT2D eigenvalue weighted by Gasteiger charge is 2.21. The number of halogens is 2. The third-order valence-electron chi connectivity index (χ3n) is 3.83. The summed E-state index contributed by atoms with van der Waals surface area (Å²) >= 11 is 0. The Hall–Kier alpha value is -1.69. The molecular formula is C15H20F2N2O2. The standard InChI is InChI=1S/C15H20F2N2O2/c1-10-5-6-18-8-12(10)9-19-14(20)11-3-2-4-13(7-11)21-15(16)17/h2-4,7,10,12,15,18H,5-6,8-9H2,1H3,(H,19,20). The lowest BCUT2D eigenvalue weighted by molar-refractivity contribution is -0.0498. The topological polar surface area (TPSA) is 50.4 Å². The summed E-state index contributed by atoms with van der Waals surface area (Å²) in [6.07, 6.45) is 1.10. The van der Waals surface area contributed by atoms with Crippen LogP contribution in [-0.2, 0) is 0 Å². The van der Waals surface area contributed by atoms with E-state index in [4.69, 9.17) is 0 Å². The molecule has 1 aliphatic rings. The van der Waals surface area contributed by atoms with Gasteiger partial charge in [0.2, 0.25) is 0 Å². The number of piperidine rings is 1. The molecule has 2 rings (SSSR count). The molecule has 1 amide bonds. The summed E-state index contributed by atoms with van der Waals surface area (Å²) in [5, 5.41) is 6.16. The van der Waals surface area contributed by atoms with E-state index >= 15 is 0 Å². The van der Waals surface area contributed by atoms with Crippen molar-refractivity contribution >= 4 is 5.91 Å². The van der Waals surface area contributed by atoms with Gasteiger partial charge >= 0.3 is 6.61 Å². The van der Waals surface area contributed by atoms with E-state index in [0.29, 0.717) is 23.9 Å². The van der Waals surface area contributed by atoms with Crippen molar-refractivity contribution in [3.8, 4) is 5.75 Å². The fourth-order valence-electron chi connectivity index (χ4n) is 2.47. The number of hydrogen-bond donors (Lipinski definition) is 2. The molecule has 1 aromatic carbocycles. The SMILES string of the molecule is CC1CCNCC1CNC(=O)c1cccc(OC(F)F)c1. The van der Waals surface area contributed by atoms with Gasteiger partial charge < -0.3 is 15.4 Å². The minimum atomic E-state index is -2.89. The Kier molecular flexibility index (Phi) is 5.50. The van der Waals surface area contributed by atoms with Gasteiger partial charge in [0.25, 0.3) is 5.91 Å². The zero-order valence-electron chi connectivity index (χ0n) is 11.9. The molecule has 4 nitrogen and oxygen atoms in total. The predicted molar refractivity (Wildman–Crippen MR) is 75.5 cm³/mol. The van der Waals surface area contributed by atoms with Gasteiger partial charge in [0.05, 0.1) is 0 Å². The maximum absolute atomic E-state index is 12.2. The quantitative estimate of drug-likeness (QED) is 0.876. The van der Waals surface area contributed by atoms with Crippen LogP contribution < -0.4 is 15.4 Å². The van der Waals surface area contributed by atoms with Crippen LogP contribution in [0.4, 0.5) is 8.78 Å². The first-order valence-electron chi connectivity index (χ1n) is 7.10. The van der Waals surface area contributed by atoms with E-state index in [1.807, 2.05) is 0 Å². The van der Waals surface area contributed by atoms with Gasteiger partial charge in [-0.15, -0.1) is 0 Å². The minimum Gasteiger partial charge on any atom is -0.435 e. The van der Waals surface area contributed by atoms with Gasteiger partial charge in [-0.05, 0) is 49.5 Å². The summed E-state index contributed by atoms with van der Waals surface area (Å²) in [5.41, 5.74) is 0.324. The Morgan fingerprint density at radius 1 is 1.52 bits per heavy atom. The van der Waals surface area contributed by atoms with Gasteiger partial charge in [-0.3, -0.25) is 4.79 Å². The van der Waals surface area contributed by atoms with Crippen LogP contribution in [-0.4, -0.2) is 32.2 Å². The average molecular weight is 298 g/mol. The smallest absolute Gasteiger partial charge is 0.387 e. The molecule has 21 heavy (non-hydrogen) atoms. The first kappa shape index (κ1) is 15.7. The molecule has 0 bridgehead atoms. The molecule has 1 heterocycles. The summed E-state index contributed by atoms with van der Waals surface area (Å²) < 4.78 is 28.6. The van der Waals surface area contributed by atoms with Crippen LogP contribution in [0.15, 0.2) is 24.3 Å². The lowest BCUT2D eigenvalue weighted by atomic mass is 9.88. The van der Waals surface area contributed by atoms with E-state index in [9.17, 15) is 13.6 Å². The first-order chi connectivity index (χ1) is 10.1. The number of alkyl halides is 2. The molecule has 1 fully saturated rings. The van der Waals surface area contributed by atoms with Gasteiger partial charge in [0.1, 0.15) is 5.75 Å². The Labute approximate surface area is 122 Å². The van der Waals surface area contributed by atoms with E-state index in [0.717, 1.165) is 19.5 Å². The zero-order valence-corrected chi connectivity index (χ0v) is 11.9. The summed E-state index contributed by atoms with van der Waals surface area (Å²) in [6, 6.07) is 5.83. The van der Waals surface area contributed by atoms with Crippen molar-refractivity contribution in [3.63, 3.8) is 0 Å². The van der Waals surface area contributed by atoms with Crippen molar-refractivity contribution in [2.24, 2.45) is 11.8 Å². The van der Waals surface area contributed by atoms with Crippen molar-refractivity contribution in [2.75, 3.05) is 19.6 Å². The largest absolute Gasteiger partial charge is 0.435 e. The predicted octanol–water partition coefficient (Wildman–Crippen LogP) is 2.26. The van der Waals surface area contributed by atoms with Crippen LogP contribution in [0.5, 0.6) is 5.75 Å². The number of benzene rings is 1. The van der Waals surface area contributed by atoms with E-state index in [1.165, 1.54) is 18.2 Å². The third kappa shape index (κ3) is 4.67. The second-order valence-corrected chi connectivity index (χ2v) is 5.35. The highest BCUT2D eigenvalue weighted by molar-refractivity contribution is 5.94. The fraction of sp³-hybridized carbons (Fsp3) is 0.533. The molecular weight excluding hydrogens is 278 g/mol. The lowest BCUT2D eigenvalue weighted by Crippen LogP contribution is -2.42. The number of rotatable bonds is 5. The third-order valence-corrected chi connectivity index (χ3v) is 3.83. The Balaban J connectivity index is 1.90. The monoisotopic (exact) mass is 298 g/mol. The van der Waals surface area contributed by atoms with Crippen molar-refractivity contribution in [1.29, 1.82) is 0 Å². The molecule has 0 saturated carbocycles. The van der Waals surface area contributed by atoms with Crippen LogP contribution in [0.1, 0.15) is 23.7 Å². The molecule has 1 aliphatic heterocycles. The molecule has 2 N–H and O–H groups in total. The molecule has 0 aromatic heterocycles. The van der Waals surface area contributed by atoms with Gasteiger partial charge in [-0.2, -0.15) is 8.78 Å². The van der Waals surface area contributed by atoms with Crippen LogP contribution in [0.2, 0.25) is 0 Å². The Bertz CT molecular complexity index is 482. The summed E-state index contributed by atoms with van der Waals surface area (Å²) in [4.78, 5) is 12.1. The molecule has 6 heteroatoms. The number of ether oxygens (including phenoxy) is 1. The number of nitrogens with one attached hydrogen (secondary N) is 2. The zero-order chi connectivity index (χ0) is 15.2. The maximum atomic E-state index is 12.2. The average Bonchev–Trinajstić information content (AvgIpc) is 2.45. The molecule has 2 unspecified atom stereocenters. The number of carbonyl (C=O) groups excluding carboxylic acids is 1. The normalized spacial score (nSPS) is 22.1. The molecule has 0 radical (unpaired) electrons. The van der Waals surface area contributed by atoms with E-state index < -0.39 is 6.61 Å². The highest BCUT2D eigenvalue weighted by atomic mass is 19.3. The number of hydrogen-bond acceptors (Lipinski definition) is 3. The first-order valence-corrected chi connectivity index (χ1v) is 7.10. The molecule has 1 saturated heterocycles. The van der Waals surface area contributed by atoms with Gasteiger partial charge in [-0.25, -0.2) is 0 Å². The molecule has 1 aromatic rings. The van der Waals surface area contributed by atoms with Crippen molar-refractivity contribution in [1.82, 2.24) is 10.6 Å². The lowest BCUT2D eigenvalue weighted by Gasteiger charge is -2.29. The Morgan fingerprint density at radius 3 is 3.05 bits per heavy atom. The van der Waals surface area contributed by atoms with E-state index in [-0.39, 0.29) is 11.7 Å². The summed E-state index contributed by atoms with van der Waals surface area (Å²) in [5.74, 6) is 0.668. The van der Waals surface area contributed by atoms with Gasteiger partial charge in [0, 0.05) is 12.1 Å². The number of amides is 1. The number of carbonyl (C=O) groups is 1. The summed E-state index contributed by atoms with van der Waals surface area (Å²) in [6.45, 7) is 1.76. The van der Waals surface area contributed by atoms with E-state index in [1.54, 1.807) is 6.07 Å². The molecule has 116 valence electrons. The second-order valence-electron chi connectivity index (χ2n) is 5.35. The molecule has 2 atom stereocenters. The van der Waals surface area contributed by atoms with Crippen LogP contribution >= 0.6 is 0 Å². The molecule has 0 spiro atoms. The van der Waals surface area contributed by atoms with Crippen molar-refractivity contribution in [2.45, 2.75) is 20.0 Å². The van der Waals surface area contributed by atoms with Crippen molar-refractivity contribution in [3.05, 3.63) is 29.8 Å². The minimum absolute atomic E-state index is 0.00893. The molecule has 0 aliphatic carbocycles. The Morgan fingerprint density at radius 2 is 2.33 bits per heavy atom. The summed E-state index contributed by atoms with van der Waals surface area (Å²) in [7, 11) is 0. The van der Waals surface area contributed by atoms with Crippen LogP contribution in [0.3, 0.4) is 0 Å². The van der Waals surface area contributed by atoms with Gasteiger partial charge in [-0.1, -0.05) is 13.0 Å². The maximum Gasteiger partial charge on any atom is 0.387 e. The van der Waals surface area contributed by atoms with Crippen LogP contribution in [0, 0.1) is 11.8 Å². The highest BCUT2D eigenvalue weighted by Crippen LogP contribution is 2.18. The second kappa shape index (κ2) is 7.36. The van der Waals surface area contributed by atoms with Crippen molar-refractivity contribution < 1.29 is 18.3 Å². The van der Waals surface area contributed by atoms with Crippen LogP contribution in [0.25, 0.3) is 0 Å². The fourth-order valence-corrected chi connectivity index (χ4v) is 2.47. The van der Waals surface area contributed by atoms with Gasteiger partial charge in [0.15, 0.2) is 0 Å².